The predicted octanol–water partition coefficient (Wildman–Crippen LogP) is 2.81. The zero-order chi connectivity index (χ0) is 41.0. The second kappa shape index (κ2) is 14.1. The van der Waals surface area contributed by atoms with Crippen LogP contribution in [0.3, 0.4) is 0 Å². The first-order chi connectivity index (χ1) is 26.1. The van der Waals surface area contributed by atoms with Crippen LogP contribution in [0, 0.1) is 50.2 Å². The number of carboxylic acids is 1. The second-order valence-electron chi connectivity index (χ2n) is 19.8. The van der Waals surface area contributed by atoms with E-state index in [1.807, 2.05) is 20.8 Å². The Morgan fingerprint density at radius 2 is 1.52 bits per heavy atom. The molecule has 13 heteroatoms. The number of carboxylic acid groups (broad SMARTS) is 1. The summed E-state index contributed by atoms with van der Waals surface area (Å²) in [6, 6.07) is 8.59. The first-order valence-electron chi connectivity index (χ1n) is 20.3. The molecule has 0 aromatic heterocycles. The SMILES string of the molecule is CC1(C)C[C@H]2C3=CC[C@@H]4[C@@]5(C)CC[C@H](O[C@H]6O[C@H](C(=O)O)[C@H](O)[C@@H](O)[C@@H]6O)[C@@](C)(CO)[C@@H]5CC[C@@]4(C)[C@]3(C)C[C@H](O)[C@@]2(COC(=O)c2ccccc2)[C@@H](O)[C@@H]1O. The summed E-state index contributed by atoms with van der Waals surface area (Å²) in [4.78, 5) is 25.1. The van der Waals surface area contributed by atoms with Crippen LogP contribution in [0.2, 0.25) is 0 Å². The van der Waals surface area contributed by atoms with Crippen LogP contribution < -0.4 is 0 Å². The van der Waals surface area contributed by atoms with Crippen molar-refractivity contribution >= 4 is 11.9 Å². The number of aliphatic hydroxyl groups is 7. The minimum Gasteiger partial charge on any atom is -0.479 e. The lowest BCUT2D eigenvalue weighted by molar-refractivity contribution is -0.328. The third-order valence-corrected chi connectivity index (χ3v) is 16.8. The van der Waals surface area contributed by atoms with E-state index in [1.165, 1.54) is 0 Å². The van der Waals surface area contributed by atoms with Gasteiger partial charge in [0.05, 0.1) is 42.0 Å². The molecule has 1 saturated heterocycles. The standard InChI is InChI=1S/C43H62O13/c1-38(2)18-24-23-12-13-26-39(3)16-15-28(55-37-31(48)29(46)30(47)32(56-37)35(51)52)40(4,20-44)25(39)14-17-41(26,5)42(23,6)19-27(45)43(24,34(50)33(38)49)21-54-36(53)22-10-8-7-9-11-22/h7-12,24-34,37,44-50H,13-21H2,1-6H3,(H,51,52)/t24-,25+,26+,27-,28-,29+,30+,31-,32-,33-,34-,37-,39-,40-,41+,42+,43-/m0/s1. The fraction of sp³-hybridized carbons (Fsp3) is 0.767. The maximum Gasteiger partial charge on any atom is 0.338 e. The van der Waals surface area contributed by atoms with Gasteiger partial charge in [0, 0.05) is 5.41 Å². The molecular weight excluding hydrogens is 724 g/mol. The van der Waals surface area contributed by atoms with Crippen molar-refractivity contribution in [2.75, 3.05) is 13.2 Å². The van der Waals surface area contributed by atoms with E-state index in [-0.39, 0.29) is 42.3 Å². The number of esters is 1. The zero-order valence-electron chi connectivity index (χ0n) is 33.4. The molecule has 6 aliphatic rings. The average Bonchev–Trinajstić information content (AvgIpc) is 3.15. The van der Waals surface area contributed by atoms with Crippen LogP contribution in [-0.4, -0.2) is 121 Å². The summed E-state index contributed by atoms with van der Waals surface area (Å²) in [7, 11) is 0. The Morgan fingerprint density at radius 1 is 0.839 bits per heavy atom. The molecule has 1 heterocycles. The van der Waals surface area contributed by atoms with Gasteiger partial charge >= 0.3 is 11.9 Å². The average molecular weight is 787 g/mol. The number of carbonyl (C=O) groups excluding carboxylic acids is 1. The largest absolute Gasteiger partial charge is 0.479 e. The van der Waals surface area contributed by atoms with E-state index in [2.05, 4.69) is 26.8 Å². The van der Waals surface area contributed by atoms with Crippen molar-refractivity contribution in [2.24, 2.45) is 50.2 Å². The summed E-state index contributed by atoms with van der Waals surface area (Å²) in [5.74, 6) is -2.43. The Balaban J connectivity index is 1.21. The normalized spacial score (nSPS) is 49.6. The summed E-state index contributed by atoms with van der Waals surface area (Å²) in [6.45, 7) is 12.1. The Morgan fingerprint density at radius 3 is 2.16 bits per heavy atom. The Kier molecular flexibility index (Phi) is 10.5. The lowest BCUT2D eigenvalue weighted by Gasteiger charge is -2.72. The number of rotatable bonds is 7. The number of hydrogen-bond acceptors (Lipinski definition) is 12. The summed E-state index contributed by atoms with van der Waals surface area (Å²) in [5, 5.41) is 88.3. The van der Waals surface area contributed by atoms with Crippen LogP contribution in [-0.2, 0) is 19.0 Å². The van der Waals surface area contributed by atoms with E-state index in [1.54, 1.807) is 30.3 Å². The van der Waals surface area contributed by atoms with E-state index in [0.717, 1.165) is 12.0 Å². The summed E-state index contributed by atoms with van der Waals surface area (Å²) < 4.78 is 17.8. The quantitative estimate of drug-likeness (QED) is 0.113. The minimum atomic E-state index is -1.84. The Labute approximate surface area is 328 Å². The molecule has 56 heavy (non-hydrogen) atoms. The number of ether oxygens (including phenoxy) is 3. The predicted molar refractivity (Wildman–Crippen MR) is 201 cm³/mol. The summed E-state index contributed by atoms with van der Waals surface area (Å²) in [5.41, 5.74) is -2.61. The Hall–Kier alpha value is -2.46. The number of carbonyl (C=O) groups is 2. The lowest BCUT2D eigenvalue weighted by Crippen LogP contribution is -2.72. The van der Waals surface area contributed by atoms with Gasteiger partial charge in [-0.1, -0.05) is 71.4 Å². The number of aliphatic carboxylic acids is 1. The van der Waals surface area contributed by atoms with Crippen molar-refractivity contribution < 1.29 is 64.7 Å². The van der Waals surface area contributed by atoms with E-state index >= 15 is 0 Å². The van der Waals surface area contributed by atoms with Gasteiger partial charge in [0.2, 0.25) is 0 Å². The van der Waals surface area contributed by atoms with Crippen molar-refractivity contribution in [2.45, 2.75) is 142 Å². The topological polar surface area (TPSA) is 224 Å². The van der Waals surface area contributed by atoms with Gasteiger partial charge in [-0.3, -0.25) is 0 Å². The molecule has 13 nitrogen and oxygen atoms in total. The third kappa shape index (κ3) is 5.81. The minimum absolute atomic E-state index is 0.0718. The highest BCUT2D eigenvalue weighted by atomic mass is 16.7. The van der Waals surface area contributed by atoms with Gasteiger partial charge in [-0.05, 0) is 96.5 Å². The van der Waals surface area contributed by atoms with Gasteiger partial charge in [0.15, 0.2) is 12.4 Å². The van der Waals surface area contributed by atoms with Crippen LogP contribution in [0.25, 0.3) is 0 Å². The van der Waals surface area contributed by atoms with Crippen LogP contribution in [0.15, 0.2) is 42.0 Å². The molecule has 0 unspecified atom stereocenters. The lowest BCUT2D eigenvalue weighted by atomic mass is 9.33. The fourth-order valence-electron chi connectivity index (χ4n) is 13.3. The number of fused-ring (bicyclic) bond motifs is 7. The maximum atomic E-state index is 13.3. The Bertz CT molecular complexity index is 1700. The van der Waals surface area contributed by atoms with Crippen molar-refractivity contribution in [3.8, 4) is 0 Å². The molecule has 312 valence electrons. The van der Waals surface area contributed by atoms with Gasteiger partial charge in [0.1, 0.15) is 24.9 Å². The molecule has 7 rings (SSSR count). The molecule has 5 aliphatic carbocycles. The number of benzene rings is 1. The van der Waals surface area contributed by atoms with Crippen LogP contribution in [0.1, 0.15) is 96.8 Å². The molecule has 1 aliphatic heterocycles. The van der Waals surface area contributed by atoms with Crippen LogP contribution in [0.5, 0.6) is 0 Å². The van der Waals surface area contributed by atoms with E-state index in [0.29, 0.717) is 37.7 Å². The van der Waals surface area contributed by atoms with Crippen molar-refractivity contribution in [1.29, 1.82) is 0 Å². The van der Waals surface area contributed by atoms with Crippen LogP contribution in [0.4, 0.5) is 0 Å². The van der Waals surface area contributed by atoms with Crippen LogP contribution >= 0.6 is 0 Å². The van der Waals surface area contributed by atoms with E-state index in [4.69, 9.17) is 14.2 Å². The number of hydrogen-bond donors (Lipinski definition) is 8. The zero-order valence-corrected chi connectivity index (χ0v) is 33.4. The van der Waals surface area contributed by atoms with Crippen molar-refractivity contribution in [3.05, 3.63) is 47.5 Å². The molecule has 1 aromatic carbocycles. The monoisotopic (exact) mass is 786 g/mol. The smallest absolute Gasteiger partial charge is 0.338 e. The highest BCUT2D eigenvalue weighted by Gasteiger charge is 2.73. The molecule has 5 fully saturated rings. The van der Waals surface area contributed by atoms with Crippen molar-refractivity contribution in [3.63, 3.8) is 0 Å². The van der Waals surface area contributed by atoms with Crippen molar-refractivity contribution in [1.82, 2.24) is 0 Å². The summed E-state index contributed by atoms with van der Waals surface area (Å²) >= 11 is 0. The third-order valence-electron chi connectivity index (χ3n) is 16.8. The molecule has 0 spiro atoms. The molecular formula is C43H62O13. The number of allylic oxidation sites excluding steroid dienone is 2. The molecule has 1 aromatic rings. The maximum absolute atomic E-state index is 13.3. The number of aliphatic hydroxyl groups excluding tert-OH is 7. The molecule has 0 amide bonds. The van der Waals surface area contributed by atoms with E-state index in [9.17, 15) is 50.4 Å². The van der Waals surface area contributed by atoms with Gasteiger partial charge < -0.3 is 55.1 Å². The first kappa shape index (κ1) is 41.7. The highest BCUT2D eigenvalue weighted by Crippen LogP contribution is 2.76. The van der Waals surface area contributed by atoms with Gasteiger partial charge in [-0.15, -0.1) is 0 Å². The van der Waals surface area contributed by atoms with Gasteiger partial charge in [-0.2, -0.15) is 0 Å². The molecule has 4 saturated carbocycles. The molecule has 0 bridgehead atoms. The highest BCUT2D eigenvalue weighted by molar-refractivity contribution is 5.89. The first-order valence-corrected chi connectivity index (χ1v) is 20.3. The van der Waals surface area contributed by atoms with Gasteiger partial charge in [-0.25, -0.2) is 9.59 Å². The fourth-order valence-corrected chi connectivity index (χ4v) is 13.3. The molecule has 17 atom stereocenters. The molecule has 8 N–H and O–H groups in total. The van der Waals surface area contributed by atoms with E-state index < -0.39 is 94.6 Å². The second-order valence-corrected chi connectivity index (χ2v) is 19.8. The molecule has 0 radical (unpaired) electrons. The summed E-state index contributed by atoms with van der Waals surface area (Å²) in [6.07, 6.45) is -6.67. The van der Waals surface area contributed by atoms with Gasteiger partial charge in [0.25, 0.3) is 0 Å².